The van der Waals surface area contributed by atoms with E-state index in [0.717, 1.165) is 11.3 Å². The monoisotopic (exact) mass is 420 g/mol. The maximum atomic E-state index is 12.8. The normalized spacial score (nSPS) is 10.9. The lowest BCUT2D eigenvalue weighted by Crippen LogP contribution is -2.36. The highest BCUT2D eigenvalue weighted by Crippen LogP contribution is 2.11. The summed E-state index contributed by atoms with van der Waals surface area (Å²) >= 11 is 1.62. The first-order chi connectivity index (χ1) is 9.69. The highest BCUT2D eigenvalue weighted by Gasteiger charge is 2.03. The van der Waals surface area contributed by atoms with Gasteiger partial charge in [-0.15, -0.1) is 35.3 Å². The summed E-state index contributed by atoms with van der Waals surface area (Å²) in [4.78, 5) is 9.55. The number of nitrogens with zero attached hydrogens (tertiary/aromatic N) is 2. The number of aliphatic imine (C=N–C) groups is 1. The van der Waals surface area contributed by atoms with Gasteiger partial charge in [0.05, 0.1) is 17.7 Å². The number of nitrogens with one attached hydrogen (secondary N) is 2. The molecule has 7 heteroatoms. The van der Waals surface area contributed by atoms with E-state index in [1.807, 2.05) is 12.4 Å². The first kappa shape index (κ1) is 17.8. The van der Waals surface area contributed by atoms with Gasteiger partial charge in [-0.2, -0.15) is 0 Å². The highest BCUT2D eigenvalue weighted by atomic mass is 127. The third-order valence-electron chi connectivity index (χ3n) is 2.86. The number of hydrogen-bond acceptors (Lipinski definition) is 3. The Hall–Kier alpha value is -1.22. The summed E-state index contributed by atoms with van der Waals surface area (Å²) in [5, 5.41) is 6.42. The van der Waals surface area contributed by atoms with E-state index in [-0.39, 0.29) is 29.8 Å². The smallest absolute Gasteiger partial charge is 0.191 e. The Labute approximate surface area is 144 Å². The summed E-state index contributed by atoms with van der Waals surface area (Å²) in [6, 6.07) is 6.41. The molecule has 2 aromatic rings. The van der Waals surface area contributed by atoms with Crippen molar-refractivity contribution in [2.75, 3.05) is 7.05 Å². The molecular formula is C14H18FIN4S. The second-order valence-electron chi connectivity index (χ2n) is 4.27. The summed E-state index contributed by atoms with van der Waals surface area (Å²) in [6.07, 6.45) is 0. The highest BCUT2D eigenvalue weighted by molar-refractivity contribution is 14.0. The molecule has 0 atom stereocenters. The molecule has 0 fully saturated rings. The second-order valence-corrected chi connectivity index (χ2v) is 5.21. The van der Waals surface area contributed by atoms with Crippen LogP contribution in [0.3, 0.4) is 0 Å². The molecule has 0 aliphatic carbocycles. The number of rotatable bonds is 4. The minimum absolute atomic E-state index is 0. The lowest BCUT2D eigenvalue weighted by Gasteiger charge is -2.11. The quantitative estimate of drug-likeness (QED) is 0.454. The predicted molar refractivity (Wildman–Crippen MR) is 95.7 cm³/mol. The molecule has 2 N–H and O–H groups in total. The molecular weight excluding hydrogens is 402 g/mol. The van der Waals surface area contributed by atoms with Gasteiger partial charge in [0.1, 0.15) is 5.82 Å². The Morgan fingerprint density at radius 2 is 1.90 bits per heavy atom. The van der Waals surface area contributed by atoms with Gasteiger partial charge in [-0.25, -0.2) is 9.37 Å². The van der Waals surface area contributed by atoms with Crippen LogP contribution >= 0.6 is 35.3 Å². The fraction of sp³-hybridized carbons (Fsp3) is 0.286. The SMILES string of the molecule is CN=C(NCc1ccc(F)cc1)NCc1scnc1C.I. The zero-order valence-corrected chi connectivity index (χ0v) is 15.0. The molecule has 0 saturated carbocycles. The van der Waals surface area contributed by atoms with Gasteiger partial charge in [0.25, 0.3) is 0 Å². The lowest BCUT2D eigenvalue weighted by molar-refractivity contribution is 0.626. The van der Waals surface area contributed by atoms with Gasteiger partial charge in [-0.1, -0.05) is 12.1 Å². The Morgan fingerprint density at radius 3 is 2.48 bits per heavy atom. The number of benzene rings is 1. The van der Waals surface area contributed by atoms with Crippen molar-refractivity contribution >= 4 is 41.3 Å². The van der Waals surface area contributed by atoms with Crippen molar-refractivity contribution in [1.82, 2.24) is 15.6 Å². The molecule has 4 nitrogen and oxygen atoms in total. The molecule has 0 saturated heterocycles. The fourth-order valence-electron chi connectivity index (χ4n) is 1.67. The second kappa shape index (κ2) is 8.93. The molecule has 0 radical (unpaired) electrons. The summed E-state index contributed by atoms with van der Waals surface area (Å²) in [7, 11) is 1.72. The van der Waals surface area contributed by atoms with Crippen molar-refractivity contribution in [1.29, 1.82) is 0 Å². The third-order valence-corrected chi connectivity index (χ3v) is 3.79. The maximum absolute atomic E-state index is 12.8. The van der Waals surface area contributed by atoms with Crippen molar-refractivity contribution in [3.63, 3.8) is 0 Å². The summed E-state index contributed by atoms with van der Waals surface area (Å²) in [5.41, 5.74) is 3.88. The average Bonchev–Trinajstić information content (AvgIpc) is 2.86. The van der Waals surface area contributed by atoms with Crippen molar-refractivity contribution in [3.8, 4) is 0 Å². The Morgan fingerprint density at radius 1 is 1.24 bits per heavy atom. The zero-order chi connectivity index (χ0) is 14.4. The topological polar surface area (TPSA) is 49.3 Å². The molecule has 114 valence electrons. The first-order valence-corrected chi connectivity index (χ1v) is 7.15. The molecule has 0 unspecified atom stereocenters. The molecule has 1 heterocycles. The predicted octanol–water partition coefficient (Wildman–Crippen LogP) is 3.07. The van der Waals surface area contributed by atoms with Crippen LogP contribution in [0.4, 0.5) is 4.39 Å². The van der Waals surface area contributed by atoms with Crippen LogP contribution in [0.25, 0.3) is 0 Å². The summed E-state index contributed by atoms with van der Waals surface area (Å²) in [6.45, 7) is 3.28. The molecule has 2 rings (SSSR count). The van der Waals surface area contributed by atoms with Crippen molar-refractivity contribution in [2.24, 2.45) is 4.99 Å². The van der Waals surface area contributed by atoms with Crippen LogP contribution in [0.5, 0.6) is 0 Å². The molecule has 0 spiro atoms. The van der Waals surface area contributed by atoms with E-state index in [9.17, 15) is 4.39 Å². The van der Waals surface area contributed by atoms with E-state index in [4.69, 9.17) is 0 Å². The Bertz CT molecular complexity index is 583. The summed E-state index contributed by atoms with van der Waals surface area (Å²) < 4.78 is 12.8. The van der Waals surface area contributed by atoms with E-state index >= 15 is 0 Å². The number of halogens is 2. The van der Waals surface area contributed by atoms with E-state index in [1.54, 1.807) is 30.5 Å². The van der Waals surface area contributed by atoms with Crippen LogP contribution in [-0.4, -0.2) is 18.0 Å². The molecule has 21 heavy (non-hydrogen) atoms. The first-order valence-electron chi connectivity index (χ1n) is 6.27. The molecule has 0 bridgehead atoms. The van der Waals surface area contributed by atoms with Gasteiger partial charge in [-0.05, 0) is 24.6 Å². The van der Waals surface area contributed by atoms with Gasteiger partial charge in [0.2, 0.25) is 0 Å². The number of hydrogen-bond donors (Lipinski definition) is 2. The fourth-order valence-corrected chi connectivity index (χ4v) is 2.39. The minimum Gasteiger partial charge on any atom is -0.352 e. The van der Waals surface area contributed by atoms with E-state index in [1.165, 1.54) is 17.0 Å². The van der Waals surface area contributed by atoms with Gasteiger partial charge >= 0.3 is 0 Å². The number of guanidine groups is 1. The summed E-state index contributed by atoms with van der Waals surface area (Å²) in [5.74, 6) is 0.485. The van der Waals surface area contributed by atoms with Crippen LogP contribution in [0.2, 0.25) is 0 Å². The van der Waals surface area contributed by atoms with Crippen LogP contribution in [0.15, 0.2) is 34.8 Å². The van der Waals surface area contributed by atoms with Gasteiger partial charge in [0.15, 0.2) is 5.96 Å². The van der Waals surface area contributed by atoms with E-state index in [2.05, 4.69) is 20.6 Å². The Balaban J connectivity index is 0.00000220. The van der Waals surface area contributed by atoms with Crippen molar-refractivity contribution in [2.45, 2.75) is 20.0 Å². The van der Waals surface area contributed by atoms with Crippen LogP contribution in [0, 0.1) is 12.7 Å². The van der Waals surface area contributed by atoms with E-state index in [0.29, 0.717) is 19.0 Å². The number of aromatic nitrogens is 1. The number of thiazole rings is 1. The molecule has 0 amide bonds. The molecule has 0 aliphatic rings. The third kappa shape index (κ3) is 5.58. The van der Waals surface area contributed by atoms with Crippen LogP contribution in [0.1, 0.15) is 16.1 Å². The van der Waals surface area contributed by atoms with Gasteiger partial charge in [-0.3, -0.25) is 4.99 Å². The van der Waals surface area contributed by atoms with Gasteiger partial charge in [0, 0.05) is 18.5 Å². The standard InChI is InChI=1S/C14H17FN4S.HI/c1-10-13(20-9-19-10)8-18-14(16-2)17-7-11-3-5-12(15)6-4-11;/h3-6,9H,7-8H2,1-2H3,(H2,16,17,18);1H. The maximum Gasteiger partial charge on any atom is 0.191 e. The molecule has 0 aliphatic heterocycles. The zero-order valence-electron chi connectivity index (χ0n) is 11.9. The molecule has 1 aromatic carbocycles. The largest absolute Gasteiger partial charge is 0.352 e. The van der Waals surface area contributed by atoms with Crippen LogP contribution in [-0.2, 0) is 13.1 Å². The number of aryl methyl sites for hydroxylation is 1. The van der Waals surface area contributed by atoms with Gasteiger partial charge < -0.3 is 10.6 Å². The molecule has 1 aromatic heterocycles. The van der Waals surface area contributed by atoms with Crippen molar-refractivity contribution in [3.05, 3.63) is 51.7 Å². The van der Waals surface area contributed by atoms with Crippen molar-refractivity contribution < 1.29 is 4.39 Å². The minimum atomic E-state index is -0.225. The van der Waals surface area contributed by atoms with E-state index < -0.39 is 0 Å². The Kier molecular flexibility index (Phi) is 7.58. The average molecular weight is 420 g/mol. The lowest BCUT2D eigenvalue weighted by atomic mass is 10.2. The van der Waals surface area contributed by atoms with Crippen LogP contribution < -0.4 is 10.6 Å².